The van der Waals surface area contributed by atoms with E-state index in [0.717, 1.165) is 28.7 Å². The van der Waals surface area contributed by atoms with Crippen molar-refractivity contribution in [2.75, 3.05) is 12.3 Å². The van der Waals surface area contributed by atoms with Crippen molar-refractivity contribution in [1.82, 2.24) is 19.9 Å². The van der Waals surface area contributed by atoms with E-state index in [1.165, 1.54) is 0 Å². The number of nitrogen functional groups attached to an aromatic ring is 1. The van der Waals surface area contributed by atoms with E-state index in [1.54, 1.807) is 35.0 Å². The van der Waals surface area contributed by atoms with Crippen LogP contribution in [0.15, 0.2) is 60.8 Å². The Balaban J connectivity index is 1.48. The highest BCUT2D eigenvalue weighted by molar-refractivity contribution is 6.30. The summed E-state index contributed by atoms with van der Waals surface area (Å²) in [6.07, 6.45) is 2.25. The summed E-state index contributed by atoms with van der Waals surface area (Å²) in [5.41, 5.74) is 10.5. The number of fused-ring (bicyclic) bond motifs is 1. The quantitative estimate of drug-likeness (QED) is 0.394. The van der Waals surface area contributed by atoms with Crippen molar-refractivity contribution in [3.8, 4) is 11.1 Å². The molecule has 0 fully saturated rings. The van der Waals surface area contributed by atoms with E-state index in [9.17, 15) is 9.90 Å². The zero-order chi connectivity index (χ0) is 22.7. The van der Waals surface area contributed by atoms with Gasteiger partial charge in [-0.1, -0.05) is 42.8 Å². The van der Waals surface area contributed by atoms with Gasteiger partial charge in [0.05, 0.1) is 6.10 Å². The van der Waals surface area contributed by atoms with Crippen LogP contribution in [0.25, 0.3) is 16.8 Å². The minimum absolute atomic E-state index is 0.167. The van der Waals surface area contributed by atoms with E-state index in [4.69, 9.17) is 17.3 Å². The lowest BCUT2D eigenvalue weighted by atomic mass is 9.97. The molecule has 164 valence electrons. The van der Waals surface area contributed by atoms with Gasteiger partial charge < -0.3 is 16.2 Å². The van der Waals surface area contributed by atoms with Crippen LogP contribution in [0.5, 0.6) is 0 Å². The molecule has 4 rings (SSSR count). The van der Waals surface area contributed by atoms with E-state index in [-0.39, 0.29) is 11.9 Å². The second-order valence-corrected chi connectivity index (χ2v) is 7.96. The molecule has 4 N–H and O–H groups in total. The Bertz CT molecular complexity index is 1250. The first-order chi connectivity index (χ1) is 15.4. The number of halogens is 1. The van der Waals surface area contributed by atoms with Gasteiger partial charge in [0.25, 0.3) is 5.91 Å². The number of aromatic nitrogens is 3. The molecule has 0 unspecified atom stereocenters. The number of carbonyl (C=O) groups excluding carboxylic acids is 1. The van der Waals surface area contributed by atoms with Crippen LogP contribution in [-0.2, 0) is 6.42 Å². The molecule has 0 radical (unpaired) electrons. The molecule has 0 saturated carbocycles. The number of nitrogens with one attached hydrogen (secondary N) is 1. The smallest absolute Gasteiger partial charge is 0.251 e. The van der Waals surface area contributed by atoms with Crippen LogP contribution in [-0.4, -0.2) is 32.2 Å². The number of carbonyl (C=O) groups is 1. The van der Waals surface area contributed by atoms with Crippen LogP contribution in [0.3, 0.4) is 0 Å². The maximum absolute atomic E-state index is 12.9. The van der Waals surface area contributed by atoms with Crippen LogP contribution < -0.4 is 11.1 Å². The number of aliphatic hydroxyl groups excluding tert-OH is 1. The van der Waals surface area contributed by atoms with Crippen molar-refractivity contribution in [3.63, 3.8) is 0 Å². The molecule has 0 aliphatic carbocycles. The SMILES string of the molecule is CCc1ccc(-c2ccn3nc(N)nc3c2)cc1C(=O)NCC[C@H](O)c1ccc(Cl)cc1. The zero-order valence-electron chi connectivity index (χ0n) is 17.6. The van der Waals surface area contributed by atoms with Crippen molar-refractivity contribution in [3.05, 3.63) is 82.5 Å². The molecule has 0 bridgehead atoms. The van der Waals surface area contributed by atoms with E-state index in [2.05, 4.69) is 15.4 Å². The number of hydrogen-bond donors (Lipinski definition) is 3. The van der Waals surface area contributed by atoms with Gasteiger partial charge >= 0.3 is 0 Å². The number of rotatable bonds is 7. The fourth-order valence-electron chi connectivity index (χ4n) is 3.62. The highest BCUT2D eigenvalue weighted by Gasteiger charge is 2.14. The second-order valence-electron chi connectivity index (χ2n) is 7.53. The number of anilines is 1. The zero-order valence-corrected chi connectivity index (χ0v) is 18.4. The molecule has 1 atom stereocenters. The van der Waals surface area contributed by atoms with Crippen LogP contribution >= 0.6 is 11.6 Å². The monoisotopic (exact) mass is 449 g/mol. The first kappa shape index (κ1) is 21.8. The van der Waals surface area contributed by atoms with Crippen molar-refractivity contribution >= 4 is 29.1 Å². The number of hydrogen-bond acceptors (Lipinski definition) is 5. The molecule has 7 nitrogen and oxygen atoms in total. The molecular formula is C24H24ClN5O2. The number of nitrogens with zero attached hydrogens (tertiary/aromatic N) is 3. The third kappa shape index (κ3) is 4.74. The van der Waals surface area contributed by atoms with Gasteiger partial charge in [0.2, 0.25) is 5.95 Å². The average molecular weight is 450 g/mol. The number of aryl methyl sites for hydroxylation is 1. The van der Waals surface area contributed by atoms with Gasteiger partial charge in [-0.05, 0) is 65.4 Å². The first-order valence-corrected chi connectivity index (χ1v) is 10.8. The maximum Gasteiger partial charge on any atom is 0.251 e. The molecule has 0 aliphatic heterocycles. The number of pyridine rings is 1. The fourth-order valence-corrected chi connectivity index (χ4v) is 3.75. The minimum atomic E-state index is -0.674. The molecular weight excluding hydrogens is 426 g/mol. The summed E-state index contributed by atoms with van der Waals surface area (Å²) in [5, 5.41) is 18.0. The summed E-state index contributed by atoms with van der Waals surface area (Å²) in [6, 6.07) is 16.7. The topological polar surface area (TPSA) is 106 Å². The van der Waals surface area contributed by atoms with Gasteiger partial charge in [-0.25, -0.2) is 4.52 Å². The Kier molecular flexibility index (Phi) is 6.39. The lowest BCUT2D eigenvalue weighted by Gasteiger charge is -2.14. The van der Waals surface area contributed by atoms with Crippen LogP contribution in [0.4, 0.5) is 5.95 Å². The van der Waals surface area contributed by atoms with E-state index in [1.807, 2.05) is 37.3 Å². The van der Waals surface area contributed by atoms with Crippen LogP contribution in [0.1, 0.15) is 40.9 Å². The molecule has 2 aromatic carbocycles. The predicted octanol–water partition coefficient (Wildman–Crippen LogP) is 4.05. The van der Waals surface area contributed by atoms with Gasteiger partial charge in [0, 0.05) is 23.3 Å². The second kappa shape index (κ2) is 9.38. The summed E-state index contributed by atoms with van der Waals surface area (Å²) < 4.78 is 1.61. The van der Waals surface area contributed by atoms with Crippen LogP contribution in [0, 0.1) is 0 Å². The van der Waals surface area contributed by atoms with Crippen LogP contribution in [0.2, 0.25) is 5.02 Å². The molecule has 8 heteroatoms. The maximum atomic E-state index is 12.9. The lowest BCUT2D eigenvalue weighted by molar-refractivity contribution is 0.0942. The average Bonchev–Trinajstić information content (AvgIpc) is 3.18. The van der Waals surface area contributed by atoms with Crippen molar-refractivity contribution < 1.29 is 9.90 Å². The van der Waals surface area contributed by atoms with Gasteiger partial charge in [-0.15, -0.1) is 5.10 Å². The van der Waals surface area contributed by atoms with Crippen molar-refractivity contribution in [1.29, 1.82) is 0 Å². The Morgan fingerprint density at radius 1 is 1.16 bits per heavy atom. The number of aliphatic hydroxyl groups is 1. The normalized spacial score (nSPS) is 12.1. The highest BCUT2D eigenvalue weighted by atomic mass is 35.5. The summed E-state index contributed by atoms with van der Waals surface area (Å²) in [4.78, 5) is 17.1. The molecule has 4 aromatic rings. The number of nitrogens with two attached hydrogens (primary N) is 1. The predicted molar refractivity (Wildman–Crippen MR) is 126 cm³/mol. The molecule has 0 saturated heterocycles. The van der Waals surface area contributed by atoms with Gasteiger partial charge in [0.15, 0.2) is 5.65 Å². The van der Waals surface area contributed by atoms with Gasteiger partial charge in [-0.3, -0.25) is 4.79 Å². The standard InChI is InChI=1S/C24H24ClN5O2/c1-2-15-3-4-17(18-10-12-30-22(14-18)28-24(26)29-30)13-20(15)23(32)27-11-9-21(31)16-5-7-19(25)8-6-16/h3-8,10,12-14,21,31H,2,9,11H2,1H3,(H2,26,29)(H,27,32)/t21-/m0/s1. The van der Waals surface area contributed by atoms with Crippen molar-refractivity contribution in [2.45, 2.75) is 25.9 Å². The van der Waals surface area contributed by atoms with Gasteiger partial charge in [-0.2, -0.15) is 4.98 Å². The molecule has 1 amide bonds. The third-order valence-corrected chi connectivity index (χ3v) is 5.63. The Morgan fingerprint density at radius 2 is 1.91 bits per heavy atom. The number of benzene rings is 2. The van der Waals surface area contributed by atoms with Gasteiger partial charge in [0.1, 0.15) is 0 Å². The molecule has 0 aliphatic rings. The summed E-state index contributed by atoms with van der Waals surface area (Å²) in [7, 11) is 0. The third-order valence-electron chi connectivity index (χ3n) is 5.38. The Hall–Kier alpha value is -3.42. The minimum Gasteiger partial charge on any atom is -0.388 e. The summed E-state index contributed by atoms with van der Waals surface area (Å²) >= 11 is 5.89. The number of amides is 1. The van der Waals surface area contributed by atoms with E-state index in [0.29, 0.717) is 29.2 Å². The van der Waals surface area contributed by atoms with Crippen molar-refractivity contribution in [2.24, 2.45) is 0 Å². The molecule has 32 heavy (non-hydrogen) atoms. The van der Waals surface area contributed by atoms with E-state index >= 15 is 0 Å². The highest BCUT2D eigenvalue weighted by Crippen LogP contribution is 2.25. The molecule has 2 heterocycles. The lowest BCUT2D eigenvalue weighted by Crippen LogP contribution is -2.26. The fraction of sp³-hybridized carbons (Fsp3) is 0.208. The summed E-state index contributed by atoms with van der Waals surface area (Å²) in [6.45, 7) is 2.36. The molecule has 0 spiro atoms. The Labute approximate surface area is 190 Å². The molecule has 2 aromatic heterocycles. The Morgan fingerprint density at radius 3 is 2.66 bits per heavy atom. The van der Waals surface area contributed by atoms with E-state index < -0.39 is 6.10 Å². The largest absolute Gasteiger partial charge is 0.388 e. The summed E-state index contributed by atoms with van der Waals surface area (Å²) in [5.74, 6) is 0.0455. The first-order valence-electron chi connectivity index (χ1n) is 10.4.